The van der Waals surface area contributed by atoms with Gasteiger partial charge in [0.05, 0.1) is 4.90 Å². The van der Waals surface area contributed by atoms with Crippen molar-refractivity contribution in [2.75, 3.05) is 5.32 Å². The van der Waals surface area contributed by atoms with Gasteiger partial charge in [-0.15, -0.1) is 0 Å². The second-order valence-electron chi connectivity index (χ2n) is 6.61. The molecule has 5 nitrogen and oxygen atoms in total. The summed E-state index contributed by atoms with van der Waals surface area (Å²) >= 11 is 0. The summed E-state index contributed by atoms with van der Waals surface area (Å²) in [6.07, 6.45) is 6.09. The van der Waals surface area contributed by atoms with Crippen molar-refractivity contribution in [2.24, 2.45) is 0 Å². The number of nitrogens with one attached hydrogen (secondary N) is 2. The molecule has 4 rings (SSSR count). The topological polar surface area (TPSA) is 75.3 Å². The molecule has 2 amide bonds. The van der Waals surface area contributed by atoms with E-state index in [2.05, 4.69) is 16.1 Å². The van der Waals surface area contributed by atoms with Gasteiger partial charge in [-0.05, 0) is 72.9 Å². The monoisotopic (exact) mass is 356 g/mol. The van der Waals surface area contributed by atoms with Crippen molar-refractivity contribution in [2.45, 2.75) is 43.4 Å². The number of rotatable bonds is 3. The Morgan fingerprint density at radius 3 is 2.08 bits per heavy atom. The van der Waals surface area contributed by atoms with Gasteiger partial charge in [0, 0.05) is 5.69 Å². The largest absolute Gasteiger partial charge is 0.333 e. The molecular weight excluding hydrogens is 336 g/mol. The van der Waals surface area contributed by atoms with Gasteiger partial charge in [-0.3, -0.25) is 0 Å². The molecule has 2 aromatic rings. The average molecular weight is 356 g/mol. The number of carbonyl (C=O) groups excluding carboxylic acids is 1. The second-order valence-corrected chi connectivity index (χ2v) is 8.29. The first-order valence-electron chi connectivity index (χ1n) is 8.60. The lowest BCUT2D eigenvalue weighted by Gasteiger charge is -2.16. The van der Waals surface area contributed by atoms with Crippen molar-refractivity contribution in [1.82, 2.24) is 4.72 Å². The minimum absolute atomic E-state index is 0.0775. The smallest absolute Gasteiger partial charge is 0.307 e. The Balaban J connectivity index is 1.60. The molecule has 2 N–H and O–H groups in total. The lowest BCUT2D eigenvalue weighted by atomic mass is 9.99. The summed E-state index contributed by atoms with van der Waals surface area (Å²) in [4.78, 5) is 12.5. The number of sulfonamides is 1. The third kappa shape index (κ3) is 3.02. The quantitative estimate of drug-likeness (QED) is 0.887. The van der Waals surface area contributed by atoms with Crippen molar-refractivity contribution in [3.63, 3.8) is 0 Å². The number of amides is 2. The minimum atomic E-state index is -3.87. The van der Waals surface area contributed by atoms with Gasteiger partial charge in [-0.25, -0.2) is 17.9 Å². The maximum atomic E-state index is 12.4. The molecule has 130 valence electrons. The number of carbonyl (C=O) groups is 1. The molecule has 2 aliphatic carbocycles. The molecule has 0 aromatic heterocycles. The first-order valence-corrected chi connectivity index (χ1v) is 10.1. The standard InChI is InChI=1S/C19H20N2O3S/c22-19(21-25(23,24)15-8-2-1-3-9-15)20-18-16-10-4-6-13(16)12-14-7-5-11-17(14)18/h1-3,8-9,12H,4-7,10-11H2,(H2,20,21,22). The number of hydrogen-bond donors (Lipinski definition) is 2. The van der Waals surface area contributed by atoms with Gasteiger partial charge in [0.2, 0.25) is 0 Å². The highest BCUT2D eigenvalue weighted by Crippen LogP contribution is 2.38. The molecule has 0 unspecified atom stereocenters. The average Bonchev–Trinajstić information content (AvgIpc) is 3.24. The molecule has 0 fully saturated rings. The van der Waals surface area contributed by atoms with Crippen LogP contribution in [0.2, 0.25) is 0 Å². The molecule has 0 bridgehead atoms. The number of hydrogen-bond acceptors (Lipinski definition) is 3. The fourth-order valence-electron chi connectivity index (χ4n) is 3.89. The maximum absolute atomic E-state index is 12.4. The zero-order valence-corrected chi connectivity index (χ0v) is 14.7. The Kier molecular flexibility index (Phi) is 4.00. The SMILES string of the molecule is O=C(Nc1c2c(cc3c1CCC3)CCC2)NS(=O)(=O)c1ccccc1. The predicted octanol–water partition coefficient (Wildman–Crippen LogP) is 3.17. The van der Waals surface area contributed by atoms with E-state index in [0.717, 1.165) is 44.2 Å². The first kappa shape index (κ1) is 16.1. The summed E-state index contributed by atoms with van der Waals surface area (Å²) in [5, 5.41) is 2.84. The summed E-state index contributed by atoms with van der Waals surface area (Å²) in [5.74, 6) is 0. The molecule has 2 aromatic carbocycles. The van der Waals surface area contributed by atoms with Crippen LogP contribution in [0.3, 0.4) is 0 Å². The van der Waals surface area contributed by atoms with Crippen LogP contribution in [0.15, 0.2) is 41.3 Å². The van der Waals surface area contributed by atoms with Crippen molar-refractivity contribution in [3.05, 3.63) is 58.7 Å². The van der Waals surface area contributed by atoms with Gasteiger partial charge in [0.1, 0.15) is 0 Å². The van der Waals surface area contributed by atoms with Crippen LogP contribution >= 0.6 is 0 Å². The summed E-state index contributed by atoms with van der Waals surface area (Å²) in [5.41, 5.74) is 5.77. The van der Waals surface area contributed by atoms with Crippen LogP contribution in [0.25, 0.3) is 0 Å². The zero-order chi connectivity index (χ0) is 17.4. The summed E-state index contributed by atoms with van der Waals surface area (Å²) < 4.78 is 26.8. The lowest BCUT2D eigenvalue weighted by molar-refractivity contribution is 0.256. The number of urea groups is 1. The third-order valence-corrected chi connectivity index (χ3v) is 6.34. The number of aryl methyl sites for hydroxylation is 2. The summed E-state index contributed by atoms with van der Waals surface area (Å²) in [6.45, 7) is 0. The number of anilines is 1. The highest BCUT2D eigenvalue weighted by Gasteiger charge is 2.26. The van der Waals surface area contributed by atoms with Crippen molar-refractivity contribution >= 4 is 21.7 Å². The molecule has 0 heterocycles. The molecule has 0 spiro atoms. The van der Waals surface area contributed by atoms with Crippen LogP contribution in [-0.4, -0.2) is 14.4 Å². The van der Waals surface area contributed by atoms with Gasteiger partial charge >= 0.3 is 6.03 Å². The van der Waals surface area contributed by atoms with Crippen molar-refractivity contribution < 1.29 is 13.2 Å². The highest BCUT2D eigenvalue weighted by molar-refractivity contribution is 7.90. The van der Waals surface area contributed by atoms with E-state index in [-0.39, 0.29) is 4.90 Å². The highest BCUT2D eigenvalue weighted by atomic mass is 32.2. The normalized spacial score (nSPS) is 15.5. The van der Waals surface area contributed by atoms with E-state index in [4.69, 9.17) is 0 Å². The molecule has 0 radical (unpaired) electrons. The van der Waals surface area contributed by atoms with E-state index < -0.39 is 16.1 Å². The van der Waals surface area contributed by atoms with Crippen LogP contribution < -0.4 is 10.0 Å². The zero-order valence-electron chi connectivity index (χ0n) is 13.8. The lowest BCUT2D eigenvalue weighted by Crippen LogP contribution is -2.35. The van der Waals surface area contributed by atoms with E-state index >= 15 is 0 Å². The molecule has 0 saturated heterocycles. The van der Waals surface area contributed by atoms with Gasteiger partial charge in [0.25, 0.3) is 10.0 Å². The second kappa shape index (κ2) is 6.19. The van der Waals surface area contributed by atoms with E-state index in [9.17, 15) is 13.2 Å². The molecular formula is C19H20N2O3S. The Bertz CT molecular complexity index is 905. The third-order valence-electron chi connectivity index (χ3n) is 4.99. The Labute approximate surface area is 147 Å². The van der Waals surface area contributed by atoms with Crippen LogP contribution in [-0.2, 0) is 35.7 Å². The van der Waals surface area contributed by atoms with Gasteiger partial charge in [-0.2, -0.15) is 0 Å². The molecule has 0 saturated carbocycles. The predicted molar refractivity (Wildman–Crippen MR) is 96.3 cm³/mol. The van der Waals surface area contributed by atoms with Gasteiger partial charge in [-0.1, -0.05) is 24.3 Å². The molecule has 6 heteroatoms. The van der Waals surface area contributed by atoms with E-state index in [0.29, 0.717) is 0 Å². The molecule has 0 aliphatic heterocycles. The van der Waals surface area contributed by atoms with Crippen LogP contribution in [0, 0.1) is 0 Å². The maximum Gasteiger partial charge on any atom is 0.333 e. The summed E-state index contributed by atoms with van der Waals surface area (Å²) in [6, 6.07) is 9.50. The van der Waals surface area contributed by atoms with Crippen LogP contribution in [0.5, 0.6) is 0 Å². The Morgan fingerprint density at radius 2 is 1.48 bits per heavy atom. The fourth-order valence-corrected chi connectivity index (χ4v) is 4.82. The number of fused-ring (bicyclic) bond motifs is 2. The van der Waals surface area contributed by atoms with Gasteiger partial charge < -0.3 is 5.32 Å². The van der Waals surface area contributed by atoms with E-state index in [1.54, 1.807) is 18.2 Å². The number of benzene rings is 2. The Morgan fingerprint density at radius 1 is 0.880 bits per heavy atom. The summed E-state index contributed by atoms with van der Waals surface area (Å²) in [7, 11) is -3.87. The van der Waals surface area contributed by atoms with Crippen LogP contribution in [0.1, 0.15) is 35.1 Å². The van der Waals surface area contributed by atoms with Gasteiger partial charge in [0.15, 0.2) is 0 Å². The van der Waals surface area contributed by atoms with E-state index in [1.807, 2.05) is 0 Å². The van der Waals surface area contributed by atoms with Crippen molar-refractivity contribution in [1.29, 1.82) is 0 Å². The van der Waals surface area contributed by atoms with Crippen molar-refractivity contribution in [3.8, 4) is 0 Å². The van der Waals surface area contributed by atoms with Crippen LogP contribution in [0.4, 0.5) is 10.5 Å². The minimum Gasteiger partial charge on any atom is -0.307 e. The molecule has 0 atom stereocenters. The molecule has 2 aliphatic rings. The molecule has 25 heavy (non-hydrogen) atoms. The first-order chi connectivity index (χ1) is 12.0. The van der Waals surface area contributed by atoms with E-state index in [1.165, 1.54) is 34.4 Å². The fraction of sp³-hybridized carbons (Fsp3) is 0.316. The Hall–Kier alpha value is -2.34.